The van der Waals surface area contributed by atoms with E-state index in [4.69, 9.17) is 28.4 Å². The Morgan fingerprint density at radius 1 is 1.10 bits per heavy atom. The third-order valence-electron chi connectivity index (χ3n) is 4.97. The van der Waals surface area contributed by atoms with E-state index in [0.717, 1.165) is 0 Å². The monoisotopic (exact) mass is 406 g/mol. The first-order valence-corrected chi connectivity index (χ1v) is 9.27. The maximum Gasteiger partial charge on any atom is 0.290 e. The lowest BCUT2D eigenvalue weighted by Crippen LogP contribution is -2.56. The van der Waals surface area contributed by atoms with Crippen molar-refractivity contribution in [2.24, 2.45) is 0 Å². The Morgan fingerprint density at radius 2 is 1.76 bits per heavy atom. The summed E-state index contributed by atoms with van der Waals surface area (Å²) in [5.41, 5.74) is -0.461. The predicted molar refractivity (Wildman–Crippen MR) is 95.8 cm³/mol. The maximum absolute atomic E-state index is 11.2. The molecule has 10 heteroatoms. The Hall–Kier alpha value is -2.29. The Labute approximate surface area is 167 Å². The summed E-state index contributed by atoms with van der Waals surface area (Å²) in [5, 5.41) is 20.5. The predicted octanol–water partition coefficient (Wildman–Crippen LogP) is 2.24. The number of rotatable bonds is 4. The van der Waals surface area contributed by atoms with Gasteiger partial charge in [-0.3, -0.25) is 10.1 Å². The van der Waals surface area contributed by atoms with Gasteiger partial charge < -0.3 is 28.4 Å². The summed E-state index contributed by atoms with van der Waals surface area (Å²) in [6.45, 7) is 7.17. The number of nitriles is 1. The van der Waals surface area contributed by atoms with E-state index in [-0.39, 0.29) is 23.6 Å². The molecule has 4 rings (SSSR count). The first kappa shape index (κ1) is 20.0. The van der Waals surface area contributed by atoms with E-state index >= 15 is 0 Å². The molecule has 0 aliphatic carbocycles. The number of benzene rings is 1. The molecule has 1 aromatic rings. The summed E-state index contributed by atoms with van der Waals surface area (Å²) < 4.78 is 35.6. The van der Waals surface area contributed by atoms with Gasteiger partial charge in [0, 0.05) is 6.07 Å². The normalized spacial score (nSPS) is 34.1. The fourth-order valence-corrected chi connectivity index (χ4v) is 3.90. The molecule has 0 N–H and O–H groups in total. The van der Waals surface area contributed by atoms with Crippen LogP contribution in [0.15, 0.2) is 18.2 Å². The summed E-state index contributed by atoms with van der Waals surface area (Å²) in [7, 11) is 0. The van der Waals surface area contributed by atoms with Crippen LogP contribution in [-0.4, -0.2) is 53.8 Å². The number of hydrogen-bond donors (Lipinski definition) is 0. The van der Waals surface area contributed by atoms with Gasteiger partial charge in [-0.2, -0.15) is 5.26 Å². The van der Waals surface area contributed by atoms with Crippen LogP contribution in [0.25, 0.3) is 0 Å². The number of nitrogens with zero attached hydrogens (tertiary/aromatic N) is 2. The van der Waals surface area contributed by atoms with Crippen molar-refractivity contribution in [1.29, 1.82) is 5.26 Å². The van der Waals surface area contributed by atoms with E-state index in [2.05, 4.69) is 0 Å². The van der Waals surface area contributed by atoms with Gasteiger partial charge in [0.1, 0.15) is 42.8 Å². The van der Waals surface area contributed by atoms with Gasteiger partial charge in [-0.25, -0.2) is 0 Å². The smallest absolute Gasteiger partial charge is 0.290 e. The number of nitro benzene ring substituents is 1. The second-order valence-corrected chi connectivity index (χ2v) is 8.04. The molecular weight excluding hydrogens is 384 g/mol. The van der Waals surface area contributed by atoms with Crippen molar-refractivity contribution in [1.82, 2.24) is 0 Å². The van der Waals surface area contributed by atoms with Gasteiger partial charge in [0.05, 0.1) is 4.92 Å². The number of fused-ring (bicyclic) bond motifs is 3. The van der Waals surface area contributed by atoms with Crippen LogP contribution in [0.5, 0.6) is 5.75 Å². The van der Waals surface area contributed by atoms with Crippen LogP contribution >= 0.6 is 0 Å². The third kappa shape index (κ3) is 3.68. The second-order valence-electron chi connectivity index (χ2n) is 8.04. The molecule has 0 saturated carbocycles. The van der Waals surface area contributed by atoms with E-state index in [9.17, 15) is 15.4 Å². The zero-order valence-corrected chi connectivity index (χ0v) is 16.5. The molecule has 3 fully saturated rings. The number of hydrogen-bond acceptors (Lipinski definition) is 9. The standard InChI is InChI=1S/C19H22N2O8/c1-18(2)26-14-13(25-17-16(15(14)27-18)28-19(3,4)29-17)9-24-12-7-5-6-11(21(22)23)10(12)8-20/h5-7,13-17H,9H2,1-4H3/t13?,14-,15-,16-,17+/m0/s1. The van der Waals surface area contributed by atoms with Gasteiger partial charge >= 0.3 is 0 Å². The van der Waals surface area contributed by atoms with Crippen molar-refractivity contribution in [3.05, 3.63) is 33.9 Å². The lowest BCUT2D eigenvalue weighted by molar-refractivity contribution is -0.385. The lowest BCUT2D eigenvalue weighted by atomic mass is 9.99. The molecule has 5 atom stereocenters. The SMILES string of the molecule is CC1(C)O[C@H]2OC(COc3cccc([N+](=O)[O-])c3C#N)[C@@H]3OC(C)(C)O[C@@H]3[C@@H]2O1. The molecule has 29 heavy (non-hydrogen) atoms. The number of ether oxygens (including phenoxy) is 6. The molecule has 1 aromatic carbocycles. The minimum Gasteiger partial charge on any atom is -0.489 e. The zero-order chi connectivity index (χ0) is 21.0. The maximum atomic E-state index is 11.2. The first-order valence-electron chi connectivity index (χ1n) is 9.27. The molecule has 3 saturated heterocycles. The summed E-state index contributed by atoms with van der Waals surface area (Å²) in [6, 6.07) is 6.05. The van der Waals surface area contributed by atoms with Crippen LogP contribution in [0, 0.1) is 21.4 Å². The Bertz CT molecular complexity index is 864. The highest BCUT2D eigenvalue weighted by molar-refractivity contribution is 5.56. The minimum absolute atomic E-state index is 0.0105. The van der Waals surface area contributed by atoms with Crippen LogP contribution < -0.4 is 4.74 Å². The Kier molecular flexibility index (Phi) is 4.76. The Balaban J connectivity index is 1.56. The fraction of sp³-hybridized carbons (Fsp3) is 0.632. The zero-order valence-electron chi connectivity index (χ0n) is 16.5. The van der Waals surface area contributed by atoms with E-state index in [1.807, 2.05) is 6.07 Å². The highest BCUT2D eigenvalue weighted by Crippen LogP contribution is 2.44. The summed E-state index contributed by atoms with van der Waals surface area (Å²) in [5.74, 6) is -1.57. The molecule has 3 aliphatic heterocycles. The van der Waals surface area contributed by atoms with Crippen LogP contribution in [-0.2, 0) is 23.7 Å². The topological polar surface area (TPSA) is 122 Å². The molecule has 0 radical (unpaired) electrons. The van der Waals surface area contributed by atoms with Crippen molar-refractivity contribution >= 4 is 5.69 Å². The fourth-order valence-electron chi connectivity index (χ4n) is 3.90. The summed E-state index contributed by atoms with van der Waals surface area (Å²) >= 11 is 0. The molecule has 0 bridgehead atoms. The molecule has 3 aliphatic rings. The molecular formula is C19H22N2O8. The van der Waals surface area contributed by atoms with Crippen molar-refractivity contribution in [3.8, 4) is 11.8 Å². The van der Waals surface area contributed by atoms with Crippen LogP contribution in [0.1, 0.15) is 33.3 Å². The van der Waals surface area contributed by atoms with Gasteiger partial charge in [-0.1, -0.05) is 6.07 Å². The number of nitro groups is 1. The molecule has 156 valence electrons. The van der Waals surface area contributed by atoms with Gasteiger partial charge in [-0.15, -0.1) is 0 Å². The van der Waals surface area contributed by atoms with Crippen molar-refractivity contribution < 1.29 is 33.3 Å². The van der Waals surface area contributed by atoms with Gasteiger partial charge in [0.2, 0.25) is 0 Å². The van der Waals surface area contributed by atoms with Crippen molar-refractivity contribution in [2.45, 2.75) is 70.0 Å². The van der Waals surface area contributed by atoms with Crippen molar-refractivity contribution in [2.75, 3.05) is 6.61 Å². The van der Waals surface area contributed by atoms with Gasteiger partial charge in [0.15, 0.2) is 23.4 Å². The van der Waals surface area contributed by atoms with Crippen LogP contribution in [0.4, 0.5) is 5.69 Å². The largest absolute Gasteiger partial charge is 0.489 e. The average molecular weight is 406 g/mol. The highest BCUT2D eigenvalue weighted by atomic mass is 16.9. The summed E-state index contributed by atoms with van der Waals surface area (Å²) in [4.78, 5) is 10.5. The molecule has 0 spiro atoms. The molecule has 3 heterocycles. The molecule has 0 aromatic heterocycles. The van der Waals surface area contributed by atoms with Gasteiger partial charge in [-0.05, 0) is 33.8 Å². The summed E-state index contributed by atoms with van der Waals surface area (Å²) in [6.07, 6.45) is -2.64. The second kappa shape index (κ2) is 6.90. The molecule has 0 amide bonds. The van der Waals surface area contributed by atoms with E-state index in [0.29, 0.717) is 0 Å². The molecule has 10 nitrogen and oxygen atoms in total. The lowest BCUT2D eigenvalue weighted by Gasteiger charge is -2.37. The third-order valence-corrected chi connectivity index (χ3v) is 4.97. The van der Waals surface area contributed by atoms with Crippen LogP contribution in [0.3, 0.4) is 0 Å². The van der Waals surface area contributed by atoms with E-state index < -0.39 is 47.2 Å². The Morgan fingerprint density at radius 3 is 2.45 bits per heavy atom. The average Bonchev–Trinajstić information content (AvgIpc) is 3.13. The van der Waals surface area contributed by atoms with E-state index in [1.165, 1.54) is 18.2 Å². The van der Waals surface area contributed by atoms with Crippen molar-refractivity contribution in [3.63, 3.8) is 0 Å². The van der Waals surface area contributed by atoms with Gasteiger partial charge in [0.25, 0.3) is 5.69 Å². The van der Waals surface area contributed by atoms with Crippen LogP contribution in [0.2, 0.25) is 0 Å². The highest BCUT2D eigenvalue weighted by Gasteiger charge is 2.60. The molecule has 1 unspecified atom stereocenters. The quantitative estimate of drug-likeness (QED) is 0.547. The van der Waals surface area contributed by atoms with E-state index in [1.54, 1.807) is 27.7 Å². The minimum atomic E-state index is -0.842. The first-order chi connectivity index (χ1) is 13.6.